The molecule has 9 heterocycles. The monoisotopic (exact) mass is 1570 g/mol. The minimum Gasteiger partial charge on any atom is -0.459 e. The largest absolute Gasteiger partial charge is 0.459 e. The van der Waals surface area contributed by atoms with Gasteiger partial charge in [0.15, 0.2) is 24.2 Å². The smallest absolute Gasteiger partial charge is 0.414 e. The van der Waals surface area contributed by atoms with Crippen LogP contribution < -0.4 is 19.6 Å². The number of amides is 2. The summed E-state index contributed by atoms with van der Waals surface area (Å²) in [6.45, 7) is 25.7. The van der Waals surface area contributed by atoms with Crippen LogP contribution in [0.2, 0.25) is 0 Å². The van der Waals surface area contributed by atoms with E-state index in [1.807, 2.05) is 54.5 Å². The average Bonchev–Trinajstić information content (AvgIpc) is 1.61. The van der Waals surface area contributed by atoms with Crippen LogP contribution in [0.3, 0.4) is 0 Å². The topological polar surface area (TPSA) is 395 Å². The molecule has 34 nitrogen and oxygen atoms in total. The van der Waals surface area contributed by atoms with E-state index in [4.69, 9.17) is 57.7 Å². The van der Waals surface area contributed by atoms with Gasteiger partial charge in [-0.2, -0.15) is 14.9 Å². The van der Waals surface area contributed by atoms with Crippen LogP contribution in [0, 0.1) is 40.7 Å². The molecule has 4 aromatic rings. The Morgan fingerprint density at radius 1 is 0.730 bits per heavy atom. The number of carbonyl (C=O) groups is 3. The molecule has 11 rings (SSSR count). The number of nitrogens with zero attached hydrogens (tertiary/aromatic N) is 15. The number of likely N-dealkylation sites (N-methyl/N-ethyl adjacent to an activating group) is 2. The zero-order valence-electron chi connectivity index (χ0n) is 66.5. The molecule has 7 saturated heterocycles. The van der Waals surface area contributed by atoms with Crippen molar-refractivity contribution in [1.82, 2.24) is 50.2 Å². The van der Waals surface area contributed by atoms with Gasteiger partial charge < -0.3 is 97.6 Å². The van der Waals surface area contributed by atoms with E-state index in [2.05, 4.69) is 30.8 Å². The lowest BCUT2D eigenvalue weighted by Gasteiger charge is -2.49. The molecular weight excluding hydrogens is 1450 g/mol. The van der Waals surface area contributed by atoms with Crippen LogP contribution in [0.1, 0.15) is 126 Å². The minimum absolute atomic E-state index is 0.0174. The molecule has 7 aliphatic heterocycles. The van der Waals surface area contributed by atoms with E-state index in [0.717, 1.165) is 12.8 Å². The molecule has 111 heavy (non-hydrogen) atoms. The maximum absolute atomic E-state index is 15.3. The summed E-state index contributed by atoms with van der Waals surface area (Å²) in [4.78, 5) is 53.1. The summed E-state index contributed by atoms with van der Waals surface area (Å²) in [6.07, 6.45) is -9.48. The summed E-state index contributed by atoms with van der Waals surface area (Å²) in [5, 5.41) is 101. The SMILES string of the molecule is CCCc1nnn(C[C@H]2CN(c3ccc(N4CCOCC4)c(F)c3)C(=O)O2)n1.CC[C@H]1OC(=O)[C@H](C)[C@@H](O[C@H]2C[C@@](C)(OC)[C@@H](O)[C@H](C)O2)[C@H](C)[C@@H](O[C@@H]2O[C@H](C)C[C@H](N(C)CCc3nnn(C[C@H]4CN(c5ccc(N6CCOCC6)c(F)c5)C(=O)O4)n3)[C@H]2O)[C@](C)(O)C[C@@H](C)CN(C)[C@H](C)[C@@H](O)[C@]1(C)O.N#CCCO. The minimum atomic E-state index is -1.86. The Morgan fingerprint density at radius 3 is 1.76 bits per heavy atom. The number of esters is 1. The number of aromatic nitrogens is 8. The Labute approximate surface area is 647 Å². The van der Waals surface area contributed by atoms with E-state index in [-0.39, 0.29) is 57.1 Å². The summed E-state index contributed by atoms with van der Waals surface area (Å²) in [5.41, 5.74) is -2.80. The first-order chi connectivity index (χ1) is 52.7. The Balaban J connectivity index is 0.000000352. The van der Waals surface area contributed by atoms with Crippen LogP contribution in [0.4, 0.5) is 41.1 Å². The number of ether oxygens (including phenoxy) is 10. The number of methoxy groups -OCH3 is 1. The first-order valence-corrected chi connectivity index (χ1v) is 38.7. The predicted octanol–water partition coefficient (Wildman–Crippen LogP) is 4.02. The third kappa shape index (κ3) is 22.1. The van der Waals surface area contributed by atoms with Gasteiger partial charge >= 0.3 is 18.2 Å². The number of cyclic esters (lactones) is 3. The quantitative estimate of drug-likeness (QED) is 0.0507. The molecule has 0 aliphatic carbocycles. The Morgan fingerprint density at radius 2 is 1.27 bits per heavy atom. The fourth-order valence-corrected chi connectivity index (χ4v) is 15.8. The molecule has 7 aliphatic rings. The fraction of sp³-hybridized carbons (Fsp3) is 0.760. The van der Waals surface area contributed by atoms with Crippen molar-refractivity contribution in [1.29, 1.82) is 5.26 Å². The third-order valence-electron chi connectivity index (χ3n) is 22.2. The first-order valence-electron chi connectivity index (χ1n) is 38.7. The van der Waals surface area contributed by atoms with Crippen molar-refractivity contribution in [3.63, 3.8) is 0 Å². The van der Waals surface area contributed by atoms with Crippen LogP contribution in [-0.4, -0.2) is 308 Å². The number of benzene rings is 2. The number of carbonyl (C=O) groups excluding carboxylic acids is 3. The molecule has 36 heteroatoms. The first kappa shape index (κ1) is 87.9. The summed E-state index contributed by atoms with van der Waals surface area (Å²) >= 11 is 0. The number of morpholine rings is 2. The third-order valence-corrected chi connectivity index (χ3v) is 22.2. The van der Waals surface area contributed by atoms with Gasteiger partial charge in [0, 0.05) is 83.6 Å². The second-order valence-electron chi connectivity index (χ2n) is 31.0. The Hall–Kier alpha value is -7.06. The van der Waals surface area contributed by atoms with Crippen molar-refractivity contribution in [3.8, 4) is 6.07 Å². The van der Waals surface area contributed by atoms with Crippen molar-refractivity contribution in [2.75, 3.05) is 126 Å². The second kappa shape index (κ2) is 39.3. The lowest BCUT2D eigenvalue weighted by Crippen LogP contribution is -2.61. The van der Waals surface area contributed by atoms with E-state index in [1.165, 1.54) is 45.6 Å². The van der Waals surface area contributed by atoms with Crippen LogP contribution >= 0.6 is 0 Å². The zero-order valence-corrected chi connectivity index (χ0v) is 66.5. The second-order valence-corrected chi connectivity index (χ2v) is 31.0. The molecule has 0 spiro atoms. The lowest BCUT2D eigenvalue weighted by molar-refractivity contribution is -0.318. The van der Waals surface area contributed by atoms with Crippen molar-refractivity contribution in [2.45, 2.75) is 243 Å². The van der Waals surface area contributed by atoms with Crippen molar-refractivity contribution in [3.05, 3.63) is 59.7 Å². The average molecular weight is 1570 g/mol. The number of hydrogen-bond acceptors (Lipinski definition) is 30. The van der Waals surface area contributed by atoms with Crippen molar-refractivity contribution in [2.24, 2.45) is 17.8 Å². The number of rotatable bonds is 21. The number of halogens is 2. The van der Waals surface area contributed by atoms with Gasteiger partial charge in [-0.05, 0) is 141 Å². The number of aliphatic hydroxyl groups excluding tert-OH is 4. The molecule has 0 unspecified atom stereocenters. The number of nitriles is 1. The molecule has 2 aromatic carbocycles. The summed E-state index contributed by atoms with van der Waals surface area (Å²) in [5.74, 6) is -2.63. The van der Waals surface area contributed by atoms with Gasteiger partial charge in [-0.25, -0.2) is 18.4 Å². The highest BCUT2D eigenvalue weighted by Crippen LogP contribution is 2.41. The Kier molecular flexibility index (Phi) is 31.1. The zero-order chi connectivity index (χ0) is 80.8. The van der Waals surface area contributed by atoms with Gasteiger partial charge in [-0.15, -0.1) is 20.4 Å². The molecule has 2 aromatic heterocycles. The highest BCUT2D eigenvalue weighted by Gasteiger charge is 2.53. The van der Waals surface area contributed by atoms with Crippen molar-refractivity contribution >= 4 is 40.9 Å². The van der Waals surface area contributed by atoms with E-state index < -0.39 is 138 Å². The summed E-state index contributed by atoms with van der Waals surface area (Å²) < 4.78 is 89.9. The van der Waals surface area contributed by atoms with Crippen LogP contribution in [0.25, 0.3) is 0 Å². The van der Waals surface area contributed by atoms with Crippen LogP contribution in [0.5, 0.6) is 0 Å². The van der Waals surface area contributed by atoms with Gasteiger partial charge in [0.05, 0.1) is 123 Å². The predicted molar refractivity (Wildman–Crippen MR) is 398 cm³/mol. The normalized spacial score (nSPS) is 33.5. The van der Waals surface area contributed by atoms with Crippen LogP contribution in [-0.2, 0) is 78.1 Å². The maximum Gasteiger partial charge on any atom is 0.414 e. The molecule has 20 atom stereocenters. The van der Waals surface area contributed by atoms with Crippen LogP contribution in [0.15, 0.2) is 36.4 Å². The van der Waals surface area contributed by atoms with E-state index >= 15 is 4.39 Å². The van der Waals surface area contributed by atoms with Crippen molar-refractivity contribution < 1.29 is 101 Å². The van der Waals surface area contributed by atoms with E-state index in [1.54, 1.807) is 78.8 Å². The number of aliphatic hydroxyl groups is 6. The van der Waals surface area contributed by atoms with Gasteiger partial charge in [0.25, 0.3) is 0 Å². The number of aryl methyl sites for hydroxylation is 1. The highest BCUT2D eigenvalue weighted by atomic mass is 19.1. The molecule has 0 radical (unpaired) electrons. The van der Waals surface area contributed by atoms with E-state index in [9.17, 15) is 44.3 Å². The number of tetrazole rings is 2. The number of hydrogen-bond donors (Lipinski definition) is 6. The maximum atomic E-state index is 15.3. The van der Waals surface area contributed by atoms with Gasteiger partial charge in [0.1, 0.15) is 66.9 Å². The number of anilines is 4. The molecular formula is C75H117F2N15O19. The van der Waals surface area contributed by atoms with Gasteiger partial charge in [0.2, 0.25) is 0 Å². The Bertz CT molecular complexity index is 3680. The highest BCUT2D eigenvalue weighted by molar-refractivity contribution is 5.90. The molecule has 0 bridgehead atoms. The molecule has 620 valence electrons. The summed E-state index contributed by atoms with van der Waals surface area (Å²) in [7, 11) is 5.18. The van der Waals surface area contributed by atoms with Gasteiger partial charge in [-0.3, -0.25) is 14.6 Å². The molecule has 7 fully saturated rings. The molecule has 6 N–H and O–H groups in total. The fourth-order valence-electron chi connectivity index (χ4n) is 15.8. The van der Waals surface area contributed by atoms with Gasteiger partial charge in [-0.1, -0.05) is 27.7 Å². The molecule has 0 saturated carbocycles. The lowest BCUT2D eigenvalue weighted by atomic mass is 9.77. The molecule has 2 amide bonds. The summed E-state index contributed by atoms with van der Waals surface area (Å²) in [6, 6.07) is 10.2. The standard InChI is InChI=1S/C54H89FN8O15.C18H23FN6O3.C3H5NO/c1-14-41-54(10,70)46(65)34(6)60(12)27-30(2)25-52(8,69)48(32(4)45(33(5)49(67)76-41)77-43-26-53(9,71-13)47(66)35(7)74-43)78-50-44(64)40(23-31(3)73-50)59(11)18-17-42-56-58-63(57-42)29-37-28-62(51(68)75-37)36-15-16-39(38(55)24-36)61-19-21-72-22-20-61;1-2-3-17-20-22-25(21-17)12-14-11-24(18(26)28-14)13-4-5-16(15(19)10-13)23-6-8-27-9-7-23;4-2-1-3-5/h15-16,24,30-35,37,40-41,43-48,50,64-66,69-70H,14,17-23,25-29H2,1-13H3;4-5,10,14H,2-3,6-9,11-12H2,1H3;5H,1,3H2/t30-,31-,32+,33-,34-,35+,37-,40+,41-,43+,44-,45+,46-,47+,48-,50+,52-,53-,54-;14-;/m11./s1. The van der Waals surface area contributed by atoms with E-state index in [0.29, 0.717) is 126 Å².